The van der Waals surface area contributed by atoms with Crippen LogP contribution in [-0.2, 0) is 6.54 Å². The lowest BCUT2D eigenvalue weighted by atomic mass is 9.90. The molecule has 9 nitrogen and oxygen atoms in total. The van der Waals surface area contributed by atoms with Gasteiger partial charge in [-0.1, -0.05) is 48.0 Å². The monoisotopic (exact) mass is 748 g/mol. The van der Waals surface area contributed by atoms with Crippen molar-refractivity contribution in [1.29, 1.82) is 0 Å². The highest BCUT2D eigenvalue weighted by Crippen LogP contribution is 2.29. The van der Waals surface area contributed by atoms with E-state index in [2.05, 4.69) is 15.1 Å². The Morgan fingerprint density at radius 2 is 1.56 bits per heavy atom. The van der Waals surface area contributed by atoms with Gasteiger partial charge in [-0.25, -0.2) is 13.8 Å². The van der Waals surface area contributed by atoms with Crippen molar-refractivity contribution in [2.24, 2.45) is 16.1 Å². The molecule has 0 N–H and O–H groups in total. The predicted octanol–water partition coefficient (Wildman–Crippen LogP) is 8.60. The number of para-hydroxylation sites is 2. The van der Waals surface area contributed by atoms with E-state index in [1.54, 1.807) is 55.8 Å². The third-order valence-corrected chi connectivity index (χ3v) is 9.95. The number of fused-ring (bicyclic) bond motifs is 1. The fourth-order valence-corrected chi connectivity index (χ4v) is 6.98. The normalized spacial score (nSPS) is 14.2. The molecule has 0 radical (unpaired) electrons. The molecule has 2 heterocycles. The summed E-state index contributed by atoms with van der Waals surface area (Å²) in [7, 11) is 3.35. The maximum Gasteiger partial charge on any atom is 0.257 e. The number of amides is 1. The molecule has 0 aliphatic carbocycles. The molecule has 1 fully saturated rings. The predicted molar refractivity (Wildman–Crippen MR) is 216 cm³/mol. The molecule has 1 unspecified atom stereocenters. The Labute approximate surface area is 322 Å². The van der Waals surface area contributed by atoms with Crippen LogP contribution in [0.3, 0.4) is 0 Å². The second-order valence-electron chi connectivity index (χ2n) is 13.8. The summed E-state index contributed by atoms with van der Waals surface area (Å²) in [6, 6.07) is 26.2. The van der Waals surface area contributed by atoms with Gasteiger partial charge in [0.2, 0.25) is 5.78 Å². The number of Topliss-reactive ketones (excluding diaryl/α,β-unsaturated/α-hetero) is 1. The minimum Gasteiger partial charge on any atom is -0.496 e. The van der Waals surface area contributed by atoms with Gasteiger partial charge < -0.3 is 19.1 Å². The van der Waals surface area contributed by atoms with Crippen molar-refractivity contribution in [3.05, 3.63) is 131 Å². The molecule has 1 aromatic heterocycles. The van der Waals surface area contributed by atoms with Gasteiger partial charge in [-0.2, -0.15) is 10.2 Å². The quantitative estimate of drug-likeness (QED) is 0.0684. The largest absolute Gasteiger partial charge is 0.496 e. The number of benzene rings is 4. The maximum atomic E-state index is 13.9. The van der Waals surface area contributed by atoms with Gasteiger partial charge in [0.15, 0.2) is 5.82 Å². The van der Waals surface area contributed by atoms with Crippen LogP contribution < -0.4 is 4.74 Å². The van der Waals surface area contributed by atoms with E-state index in [-0.39, 0.29) is 35.2 Å². The Balaban J connectivity index is 0.000000895. The highest BCUT2D eigenvalue weighted by atomic mass is 19.1. The number of ketones is 1. The van der Waals surface area contributed by atoms with E-state index in [1.807, 2.05) is 67.8 Å². The van der Waals surface area contributed by atoms with Gasteiger partial charge in [-0.05, 0) is 119 Å². The number of ether oxygens (including phenoxy) is 1. The number of aromatic nitrogens is 2. The second kappa shape index (κ2) is 19.7. The number of carbonyl (C=O) groups excluding carboxylic acids is 2. The van der Waals surface area contributed by atoms with Crippen molar-refractivity contribution in [1.82, 2.24) is 19.4 Å². The summed E-state index contributed by atoms with van der Waals surface area (Å²) in [4.78, 5) is 36.3. The van der Waals surface area contributed by atoms with Crippen LogP contribution in [0.4, 0.5) is 8.78 Å². The van der Waals surface area contributed by atoms with E-state index in [4.69, 9.17) is 9.72 Å². The number of nitrogens with zero attached hydrogens (tertiary/aromatic N) is 6. The fourth-order valence-electron chi connectivity index (χ4n) is 6.98. The summed E-state index contributed by atoms with van der Waals surface area (Å²) in [5, 5.41) is 7.07. The molecule has 1 amide bonds. The summed E-state index contributed by atoms with van der Waals surface area (Å²) < 4.78 is 34.9. The fraction of sp³-hybridized carbons (Fsp3) is 0.341. The average molecular weight is 749 g/mol. The Hall–Kier alpha value is -5.55. The van der Waals surface area contributed by atoms with Gasteiger partial charge in [0.1, 0.15) is 17.4 Å². The van der Waals surface area contributed by atoms with Crippen molar-refractivity contribution < 1.29 is 23.1 Å². The SMILES string of the molecule is C/C=N\N=C/C.COc1ccc(C)cc1C(=O)N(C)CC(CCN1CCC(C(=O)c2nc3ccccc3n2Cc2ccc(F)cc2)CC1)c1ccc(F)cc1. The van der Waals surface area contributed by atoms with Crippen LogP contribution in [0.15, 0.2) is 101 Å². The number of hydrogen-bond acceptors (Lipinski definition) is 7. The van der Waals surface area contributed by atoms with Gasteiger partial charge in [0.05, 0.1) is 23.7 Å². The first-order valence-electron chi connectivity index (χ1n) is 18.7. The standard InChI is InChI=1S/C40H42F2N4O3.C4H8N2/c1-27-8-17-37(49-3)34(24-27)40(48)44(2)26-31(29-11-15-33(42)16-12-29)20-23-45-21-18-30(19-22-45)38(47)39-43-35-6-4-5-7-36(35)46(39)25-28-9-13-32(41)14-10-28;1-3-5-6-4-2/h4-17,24,30-31H,18-23,25-26H2,1-3H3;3-4H,1-2H3/b;5-3-,6-4-. The Morgan fingerprint density at radius 3 is 2.20 bits per heavy atom. The molecule has 1 saturated heterocycles. The molecular formula is C44H50F2N6O3. The summed E-state index contributed by atoms with van der Waals surface area (Å²) in [6.07, 6.45) is 5.47. The first kappa shape index (κ1) is 40.6. The molecule has 0 spiro atoms. The minimum absolute atomic E-state index is 0.0175. The Kier molecular flexibility index (Phi) is 14.5. The number of carbonyl (C=O) groups is 2. The van der Waals surface area contributed by atoms with Gasteiger partial charge in [-0.15, -0.1) is 0 Å². The molecule has 4 aromatic carbocycles. The summed E-state index contributed by atoms with van der Waals surface area (Å²) >= 11 is 0. The lowest BCUT2D eigenvalue weighted by Crippen LogP contribution is -2.39. The van der Waals surface area contributed by atoms with Crippen molar-refractivity contribution in [2.75, 3.05) is 40.3 Å². The molecule has 1 aliphatic rings. The van der Waals surface area contributed by atoms with Crippen molar-refractivity contribution in [2.45, 2.75) is 52.5 Å². The molecule has 0 saturated carbocycles. The highest BCUT2D eigenvalue weighted by Gasteiger charge is 2.30. The van der Waals surface area contributed by atoms with Crippen LogP contribution in [-0.4, -0.2) is 83.8 Å². The number of piperidine rings is 1. The van der Waals surface area contributed by atoms with E-state index < -0.39 is 0 Å². The van der Waals surface area contributed by atoms with Crippen LogP contribution >= 0.6 is 0 Å². The number of halogens is 2. The summed E-state index contributed by atoms with van der Waals surface area (Å²) in [6.45, 7) is 8.79. The lowest BCUT2D eigenvalue weighted by Gasteiger charge is -2.33. The zero-order valence-corrected chi connectivity index (χ0v) is 32.3. The maximum absolute atomic E-state index is 13.9. The number of likely N-dealkylation sites (N-methyl/N-ethyl adjacent to an activating group) is 1. The number of likely N-dealkylation sites (tertiary alicyclic amines) is 1. The zero-order chi connectivity index (χ0) is 39.3. The number of imidazole rings is 1. The molecule has 5 aromatic rings. The molecule has 1 aliphatic heterocycles. The third-order valence-electron chi connectivity index (χ3n) is 9.95. The Morgan fingerprint density at radius 1 is 0.927 bits per heavy atom. The summed E-state index contributed by atoms with van der Waals surface area (Å²) in [5.74, 6) is 0.120. The number of hydrogen-bond donors (Lipinski definition) is 0. The Bertz CT molecular complexity index is 2080. The van der Waals surface area contributed by atoms with Crippen molar-refractivity contribution in [3.63, 3.8) is 0 Å². The van der Waals surface area contributed by atoms with Gasteiger partial charge >= 0.3 is 0 Å². The second-order valence-corrected chi connectivity index (χ2v) is 13.8. The molecule has 55 heavy (non-hydrogen) atoms. The minimum atomic E-state index is -0.297. The van der Waals surface area contributed by atoms with Gasteiger partial charge in [0, 0.05) is 44.4 Å². The van der Waals surface area contributed by atoms with Crippen LogP contribution in [0.25, 0.3) is 11.0 Å². The van der Waals surface area contributed by atoms with Crippen LogP contribution in [0.1, 0.15) is 76.7 Å². The van der Waals surface area contributed by atoms with E-state index >= 15 is 0 Å². The number of rotatable bonds is 13. The molecule has 6 rings (SSSR count). The van der Waals surface area contributed by atoms with Crippen LogP contribution in [0.5, 0.6) is 5.75 Å². The van der Waals surface area contributed by atoms with E-state index in [1.165, 1.54) is 24.3 Å². The van der Waals surface area contributed by atoms with Crippen LogP contribution in [0.2, 0.25) is 0 Å². The van der Waals surface area contributed by atoms with E-state index in [0.717, 1.165) is 53.8 Å². The third kappa shape index (κ3) is 10.8. The average Bonchev–Trinajstić information content (AvgIpc) is 3.57. The molecular weight excluding hydrogens is 699 g/mol. The van der Waals surface area contributed by atoms with Gasteiger partial charge in [0.25, 0.3) is 5.91 Å². The zero-order valence-electron chi connectivity index (χ0n) is 32.3. The molecule has 1 atom stereocenters. The molecule has 11 heteroatoms. The smallest absolute Gasteiger partial charge is 0.257 e. The topological polar surface area (TPSA) is 92.4 Å². The molecule has 288 valence electrons. The first-order valence-corrected chi connectivity index (χ1v) is 18.7. The van der Waals surface area contributed by atoms with E-state index in [9.17, 15) is 18.4 Å². The number of aryl methyl sites for hydroxylation is 1. The molecule has 0 bridgehead atoms. The van der Waals surface area contributed by atoms with E-state index in [0.29, 0.717) is 43.1 Å². The summed E-state index contributed by atoms with van der Waals surface area (Å²) in [5.41, 5.74) is 5.00. The highest BCUT2D eigenvalue weighted by molar-refractivity contribution is 5.98. The number of methoxy groups -OCH3 is 1. The van der Waals surface area contributed by atoms with Crippen molar-refractivity contribution >= 4 is 35.2 Å². The first-order chi connectivity index (χ1) is 26.6. The van der Waals surface area contributed by atoms with Crippen molar-refractivity contribution in [3.8, 4) is 5.75 Å². The lowest BCUT2D eigenvalue weighted by molar-refractivity contribution is 0.0776. The van der Waals surface area contributed by atoms with Gasteiger partial charge in [-0.3, -0.25) is 9.59 Å². The van der Waals surface area contributed by atoms with Crippen LogP contribution in [0, 0.1) is 24.5 Å².